The molecule has 2 atom stereocenters. The predicted octanol–water partition coefficient (Wildman–Crippen LogP) is 1.22. The summed E-state index contributed by atoms with van der Waals surface area (Å²) >= 11 is 0. The third-order valence-corrected chi connectivity index (χ3v) is 4.66. The van der Waals surface area contributed by atoms with Crippen LogP contribution >= 0.6 is 0 Å². The fraction of sp³-hybridized carbons (Fsp3) is 0.300. The standard InChI is InChI=1S/C20H22N2O4/c1-19(25)12-17(23)20(26,14-22(19)16-10-6-3-7-11-16)18(24)21-13-15-8-4-2-5-9-15/h2-11,25-26H,12-14H2,1H3,(H,21,24)/t19?,20-/m1/s1. The van der Waals surface area contributed by atoms with Gasteiger partial charge >= 0.3 is 0 Å². The molecule has 1 amide bonds. The first-order chi connectivity index (χ1) is 12.3. The second-order valence-corrected chi connectivity index (χ2v) is 6.77. The molecular formula is C20H22N2O4. The van der Waals surface area contributed by atoms with E-state index in [1.165, 1.54) is 11.8 Å². The lowest BCUT2D eigenvalue weighted by Crippen LogP contribution is -2.68. The molecule has 1 saturated heterocycles. The Hall–Kier alpha value is -2.70. The molecule has 2 aromatic carbocycles. The number of ketones is 1. The molecule has 0 spiro atoms. The summed E-state index contributed by atoms with van der Waals surface area (Å²) in [6.07, 6.45) is -0.350. The van der Waals surface area contributed by atoms with Gasteiger partial charge in [0.2, 0.25) is 5.60 Å². The lowest BCUT2D eigenvalue weighted by Gasteiger charge is -2.47. The maximum absolute atomic E-state index is 12.6. The summed E-state index contributed by atoms with van der Waals surface area (Å²) in [6.45, 7) is 1.39. The Morgan fingerprint density at radius 2 is 1.65 bits per heavy atom. The van der Waals surface area contributed by atoms with Crippen molar-refractivity contribution in [2.75, 3.05) is 11.4 Å². The second kappa shape index (κ2) is 6.90. The van der Waals surface area contributed by atoms with E-state index in [0.717, 1.165) is 5.56 Å². The largest absolute Gasteiger partial charge is 0.372 e. The number of Topliss-reactive ketones (excluding diaryl/α,β-unsaturated/α-hetero) is 1. The summed E-state index contributed by atoms with van der Waals surface area (Å²) in [6, 6.07) is 18.1. The van der Waals surface area contributed by atoms with Crippen LogP contribution in [0.3, 0.4) is 0 Å². The molecule has 0 saturated carbocycles. The Morgan fingerprint density at radius 1 is 1.08 bits per heavy atom. The zero-order chi connectivity index (χ0) is 18.8. The zero-order valence-corrected chi connectivity index (χ0v) is 14.6. The lowest BCUT2D eigenvalue weighted by molar-refractivity contribution is -0.159. The third-order valence-electron chi connectivity index (χ3n) is 4.66. The van der Waals surface area contributed by atoms with Crippen molar-refractivity contribution < 1.29 is 19.8 Å². The van der Waals surface area contributed by atoms with Gasteiger partial charge in [0.05, 0.1) is 13.0 Å². The highest BCUT2D eigenvalue weighted by Gasteiger charge is 2.54. The molecular weight excluding hydrogens is 332 g/mol. The van der Waals surface area contributed by atoms with Crippen molar-refractivity contribution in [1.82, 2.24) is 5.32 Å². The SMILES string of the molecule is CC1(O)CC(=O)[C@@](O)(C(=O)NCc2ccccc2)CN1c1ccccc1. The summed E-state index contributed by atoms with van der Waals surface area (Å²) in [7, 11) is 0. The fourth-order valence-corrected chi connectivity index (χ4v) is 3.13. The summed E-state index contributed by atoms with van der Waals surface area (Å²) in [4.78, 5) is 26.5. The van der Waals surface area contributed by atoms with Crippen LogP contribution in [0.1, 0.15) is 18.9 Å². The first kappa shape index (κ1) is 18.1. The number of anilines is 1. The molecule has 26 heavy (non-hydrogen) atoms. The van der Waals surface area contributed by atoms with Crippen molar-refractivity contribution in [3.05, 3.63) is 66.2 Å². The number of aliphatic hydroxyl groups is 2. The van der Waals surface area contributed by atoms with Crippen LogP contribution in [-0.2, 0) is 16.1 Å². The van der Waals surface area contributed by atoms with E-state index in [1.807, 2.05) is 36.4 Å². The molecule has 3 rings (SSSR count). The molecule has 1 fully saturated rings. The van der Waals surface area contributed by atoms with E-state index in [9.17, 15) is 19.8 Å². The first-order valence-electron chi connectivity index (χ1n) is 8.46. The number of rotatable bonds is 4. The third kappa shape index (κ3) is 3.47. The minimum Gasteiger partial charge on any atom is -0.372 e. The second-order valence-electron chi connectivity index (χ2n) is 6.77. The number of hydrogen-bond donors (Lipinski definition) is 3. The van der Waals surface area contributed by atoms with Gasteiger partial charge in [0.25, 0.3) is 5.91 Å². The molecule has 2 aromatic rings. The van der Waals surface area contributed by atoms with E-state index in [0.29, 0.717) is 5.69 Å². The monoisotopic (exact) mass is 354 g/mol. The number of β-amino-alcohol motifs (C(OH)–C–C–N with tert-alkyl or cyclic N) is 1. The van der Waals surface area contributed by atoms with E-state index in [2.05, 4.69) is 5.32 Å². The van der Waals surface area contributed by atoms with Crippen LogP contribution in [0.4, 0.5) is 5.69 Å². The summed E-state index contributed by atoms with van der Waals surface area (Å²) in [5, 5.41) is 24.1. The minimum absolute atomic E-state index is 0.205. The highest BCUT2D eigenvalue weighted by atomic mass is 16.3. The lowest BCUT2D eigenvalue weighted by atomic mass is 9.84. The van der Waals surface area contributed by atoms with Crippen molar-refractivity contribution in [3.63, 3.8) is 0 Å². The van der Waals surface area contributed by atoms with E-state index in [1.54, 1.807) is 24.3 Å². The van der Waals surface area contributed by atoms with Gasteiger partial charge in [-0.15, -0.1) is 0 Å². The van der Waals surface area contributed by atoms with E-state index in [4.69, 9.17) is 0 Å². The molecule has 1 aliphatic rings. The van der Waals surface area contributed by atoms with Crippen molar-refractivity contribution in [3.8, 4) is 0 Å². The van der Waals surface area contributed by atoms with Gasteiger partial charge in [0, 0.05) is 12.2 Å². The van der Waals surface area contributed by atoms with Crippen LogP contribution in [0.15, 0.2) is 60.7 Å². The highest BCUT2D eigenvalue weighted by Crippen LogP contribution is 2.33. The van der Waals surface area contributed by atoms with Gasteiger partial charge in [-0.3, -0.25) is 9.59 Å². The van der Waals surface area contributed by atoms with Gasteiger partial charge in [0.1, 0.15) is 5.72 Å². The molecule has 0 radical (unpaired) electrons. The number of hydrogen-bond acceptors (Lipinski definition) is 5. The van der Waals surface area contributed by atoms with Gasteiger partial charge in [-0.2, -0.15) is 0 Å². The number of carbonyl (C=O) groups is 2. The number of piperidine rings is 1. The first-order valence-corrected chi connectivity index (χ1v) is 8.46. The zero-order valence-electron chi connectivity index (χ0n) is 14.6. The Morgan fingerprint density at radius 3 is 2.27 bits per heavy atom. The van der Waals surface area contributed by atoms with Crippen LogP contribution in [0.2, 0.25) is 0 Å². The van der Waals surface area contributed by atoms with Crippen LogP contribution < -0.4 is 10.2 Å². The molecule has 136 valence electrons. The number of amides is 1. The number of nitrogens with zero attached hydrogens (tertiary/aromatic N) is 1. The molecule has 6 nitrogen and oxygen atoms in total. The maximum Gasteiger partial charge on any atom is 0.261 e. The van der Waals surface area contributed by atoms with E-state index < -0.39 is 23.0 Å². The van der Waals surface area contributed by atoms with E-state index >= 15 is 0 Å². The molecule has 0 aromatic heterocycles. The average Bonchev–Trinajstić information content (AvgIpc) is 2.64. The van der Waals surface area contributed by atoms with Gasteiger partial charge in [-0.05, 0) is 24.6 Å². The maximum atomic E-state index is 12.6. The number of benzene rings is 2. The molecule has 1 unspecified atom stereocenters. The molecule has 0 bridgehead atoms. The molecule has 1 aliphatic heterocycles. The van der Waals surface area contributed by atoms with Gasteiger partial charge in [0.15, 0.2) is 5.78 Å². The molecule has 6 heteroatoms. The van der Waals surface area contributed by atoms with Crippen LogP contribution in [0, 0.1) is 0 Å². The van der Waals surface area contributed by atoms with Crippen LogP contribution in [-0.4, -0.2) is 39.8 Å². The van der Waals surface area contributed by atoms with Crippen molar-refractivity contribution in [2.24, 2.45) is 0 Å². The minimum atomic E-state index is -2.22. The van der Waals surface area contributed by atoms with Gasteiger partial charge < -0.3 is 20.4 Å². The smallest absolute Gasteiger partial charge is 0.261 e. The van der Waals surface area contributed by atoms with Crippen molar-refractivity contribution in [2.45, 2.75) is 31.2 Å². The molecule has 1 heterocycles. The normalized spacial score (nSPS) is 25.8. The quantitative estimate of drug-likeness (QED) is 0.719. The van der Waals surface area contributed by atoms with Gasteiger partial charge in [-0.25, -0.2) is 0 Å². The Labute approximate surface area is 152 Å². The Kier molecular flexibility index (Phi) is 4.80. The summed E-state index contributed by atoms with van der Waals surface area (Å²) in [5.74, 6) is -1.46. The van der Waals surface area contributed by atoms with Crippen molar-refractivity contribution >= 4 is 17.4 Å². The summed E-state index contributed by atoms with van der Waals surface area (Å²) in [5.41, 5.74) is -2.21. The fourth-order valence-electron chi connectivity index (χ4n) is 3.13. The van der Waals surface area contributed by atoms with Crippen molar-refractivity contribution in [1.29, 1.82) is 0 Å². The number of nitrogens with one attached hydrogen (secondary N) is 1. The average molecular weight is 354 g/mol. The Bertz CT molecular complexity index is 792. The van der Waals surface area contributed by atoms with E-state index in [-0.39, 0.29) is 19.5 Å². The Balaban J connectivity index is 1.80. The predicted molar refractivity (Wildman–Crippen MR) is 97.3 cm³/mol. The van der Waals surface area contributed by atoms with Crippen LogP contribution in [0.5, 0.6) is 0 Å². The van der Waals surface area contributed by atoms with Gasteiger partial charge in [-0.1, -0.05) is 48.5 Å². The molecule has 0 aliphatic carbocycles. The number of carbonyl (C=O) groups excluding carboxylic acids is 2. The topological polar surface area (TPSA) is 89.9 Å². The number of para-hydroxylation sites is 1. The van der Waals surface area contributed by atoms with Crippen LogP contribution in [0.25, 0.3) is 0 Å². The summed E-state index contributed by atoms with van der Waals surface area (Å²) < 4.78 is 0. The highest BCUT2D eigenvalue weighted by molar-refractivity contribution is 6.11. The molecule has 3 N–H and O–H groups in total.